The molecule has 7 nitrogen and oxygen atoms in total. The van der Waals surface area contributed by atoms with Crippen LogP contribution >= 0.6 is 0 Å². The van der Waals surface area contributed by atoms with Crippen molar-refractivity contribution in [3.8, 4) is 5.75 Å². The molecule has 0 spiro atoms. The Morgan fingerprint density at radius 2 is 2.19 bits per heavy atom. The van der Waals surface area contributed by atoms with Crippen molar-refractivity contribution in [2.45, 2.75) is 32.9 Å². The zero-order valence-corrected chi connectivity index (χ0v) is 15.7. The zero-order valence-electron chi connectivity index (χ0n) is 15.7. The summed E-state index contributed by atoms with van der Waals surface area (Å²) in [4.78, 5) is 21.9. The Morgan fingerprint density at radius 1 is 1.33 bits per heavy atom. The lowest BCUT2D eigenvalue weighted by atomic mass is 10.0. The molecule has 1 aliphatic rings. The topological polar surface area (TPSA) is 80.5 Å². The number of carbonyl (C=O) groups is 1. The van der Waals surface area contributed by atoms with Crippen LogP contribution in [0.3, 0.4) is 0 Å². The van der Waals surface area contributed by atoms with Crippen LogP contribution in [0.4, 0.5) is 0 Å². The first-order chi connectivity index (χ1) is 13.0. The van der Waals surface area contributed by atoms with Crippen molar-refractivity contribution in [2.24, 2.45) is 0 Å². The van der Waals surface area contributed by atoms with E-state index in [1.165, 1.54) is 0 Å². The standard InChI is InChI=1S/C20H23N5O2/c1-13-5-4-9-25-15(13)12-23-19(25)20(2,3)24-18(26)16-17-14(6-7-22-16)11-21-8-10-27-17/h4-7,9,12,21H,8,10-11H2,1-3H3,(H,24,26). The van der Waals surface area contributed by atoms with E-state index in [1.54, 1.807) is 6.20 Å². The molecule has 0 unspecified atom stereocenters. The Morgan fingerprint density at radius 3 is 3.04 bits per heavy atom. The fourth-order valence-corrected chi connectivity index (χ4v) is 3.42. The molecule has 0 saturated carbocycles. The third-order valence-electron chi connectivity index (χ3n) is 4.81. The van der Waals surface area contributed by atoms with Crippen molar-refractivity contribution in [1.29, 1.82) is 0 Å². The minimum Gasteiger partial charge on any atom is -0.489 e. The van der Waals surface area contributed by atoms with Gasteiger partial charge in [-0.15, -0.1) is 0 Å². The summed E-state index contributed by atoms with van der Waals surface area (Å²) in [6.07, 6.45) is 5.44. The molecule has 140 valence electrons. The lowest BCUT2D eigenvalue weighted by Gasteiger charge is -2.25. The smallest absolute Gasteiger partial charge is 0.274 e. The number of hydrogen-bond acceptors (Lipinski definition) is 5. The van der Waals surface area contributed by atoms with Gasteiger partial charge in [-0.3, -0.25) is 4.79 Å². The summed E-state index contributed by atoms with van der Waals surface area (Å²) >= 11 is 0. The van der Waals surface area contributed by atoms with Gasteiger partial charge in [0.25, 0.3) is 5.91 Å². The van der Waals surface area contributed by atoms with Gasteiger partial charge in [-0.2, -0.15) is 0 Å². The lowest BCUT2D eigenvalue weighted by molar-refractivity contribution is 0.0898. The fraction of sp³-hybridized carbons (Fsp3) is 0.350. The molecule has 0 aliphatic carbocycles. The quantitative estimate of drug-likeness (QED) is 0.744. The Bertz CT molecular complexity index is 1010. The molecular formula is C20H23N5O2. The van der Waals surface area contributed by atoms with Gasteiger partial charge in [0.15, 0.2) is 11.4 Å². The monoisotopic (exact) mass is 365 g/mol. The van der Waals surface area contributed by atoms with Gasteiger partial charge >= 0.3 is 0 Å². The van der Waals surface area contributed by atoms with Crippen LogP contribution in [-0.4, -0.2) is 33.4 Å². The summed E-state index contributed by atoms with van der Waals surface area (Å²) in [5.74, 6) is 1.04. The minimum absolute atomic E-state index is 0.275. The van der Waals surface area contributed by atoms with Gasteiger partial charge in [-0.1, -0.05) is 6.07 Å². The number of amides is 1. The number of rotatable bonds is 3. The van der Waals surface area contributed by atoms with Gasteiger partial charge in [-0.25, -0.2) is 9.97 Å². The summed E-state index contributed by atoms with van der Waals surface area (Å²) in [5.41, 5.74) is 2.71. The maximum Gasteiger partial charge on any atom is 0.274 e. The van der Waals surface area contributed by atoms with Gasteiger partial charge < -0.3 is 19.8 Å². The van der Waals surface area contributed by atoms with E-state index in [9.17, 15) is 4.79 Å². The van der Waals surface area contributed by atoms with Crippen molar-refractivity contribution < 1.29 is 9.53 Å². The van der Waals surface area contributed by atoms with E-state index in [2.05, 4.69) is 20.6 Å². The van der Waals surface area contributed by atoms with Crippen LogP contribution in [0.5, 0.6) is 5.75 Å². The van der Waals surface area contributed by atoms with Crippen LogP contribution in [0.25, 0.3) is 5.52 Å². The highest BCUT2D eigenvalue weighted by atomic mass is 16.5. The van der Waals surface area contributed by atoms with E-state index < -0.39 is 5.54 Å². The third kappa shape index (κ3) is 3.14. The first-order valence-corrected chi connectivity index (χ1v) is 9.04. The normalized spacial score (nSPS) is 14.3. The van der Waals surface area contributed by atoms with Crippen LogP contribution < -0.4 is 15.4 Å². The van der Waals surface area contributed by atoms with Crippen molar-refractivity contribution in [2.75, 3.05) is 13.2 Å². The predicted octanol–water partition coefficient (Wildman–Crippen LogP) is 2.18. The van der Waals surface area contributed by atoms with Crippen molar-refractivity contribution >= 4 is 11.4 Å². The van der Waals surface area contributed by atoms with Gasteiger partial charge in [-0.05, 0) is 38.5 Å². The maximum absolute atomic E-state index is 13.0. The maximum atomic E-state index is 13.0. The van der Waals surface area contributed by atoms with Crippen LogP contribution in [0.2, 0.25) is 0 Å². The summed E-state index contributed by atoms with van der Waals surface area (Å²) < 4.78 is 7.79. The van der Waals surface area contributed by atoms with E-state index in [4.69, 9.17) is 4.74 Å². The molecular weight excluding hydrogens is 342 g/mol. The number of imidazole rings is 1. The molecule has 0 radical (unpaired) electrons. The van der Waals surface area contributed by atoms with Crippen LogP contribution in [0.15, 0.2) is 36.8 Å². The Hall–Kier alpha value is -2.93. The lowest BCUT2D eigenvalue weighted by Crippen LogP contribution is -2.43. The molecule has 4 heterocycles. The minimum atomic E-state index is -0.690. The molecule has 0 saturated heterocycles. The van der Waals surface area contributed by atoms with E-state index >= 15 is 0 Å². The first-order valence-electron chi connectivity index (χ1n) is 9.04. The number of ether oxygens (including phenoxy) is 1. The summed E-state index contributed by atoms with van der Waals surface area (Å²) in [7, 11) is 0. The van der Waals surface area contributed by atoms with Crippen molar-refractivity contribution in [3.63, 3.8) is 0 Å². The Kier molecular flexibility index (Phi) is 4.31. The number of aromatic nitrogens is 3. The van der Waals surface area contributed by atoms with Gasteiger partial charge in [0.1, 0.15) is 12.4 Å². The first kappa shape index (κ1) is 17.5. The number of nitrogens with one attached hydrogen (secondary N) is 2. The molecule has 1 amide bonds. The second-order valence-electron chi connectivity index (χ2n) is 7.28. The molecule has 0 atom stereocenters. The van der Waals surface area contributed by atoms with Crippen molar-refractivity contribution in [3.05, 3.63) is 59.4 Å². The van der Waals surface area contributed by atoms with Crippen molar-refractivity contribution in [1.82, 2.24) is 25.0 Å². The van der Waals surface area contributed by atoms with E-state index in [0.29, 0.717) is 24.6 Å². The van der Waals surface area contributed by atoms with E-state index in [0.717, 1.165) is 29.0 Å². The molecule has 0 aromatic carbocycles. The number of nitrogens with zero attached hydrogens (tertiary/aromatic N) is 3. The SMILES string of the molecule is Cc1cccn2c(C(C)(C)NC(=O)c3nccc4c3OCCNC4)ncc12. The molecule has 4 rings (SSSR count). The Balaban J connectivity index is 1.67. The molecule has 2 N–H and O–H groups in total. The fourth-order valence-electron chi connectivity index (χ4n) is 3.42. The molecule has 3 aromatic heterocycles. The molecule has 7 heteroatoms. The highest BCUT2D eigenvalue weighted by molar-refractivity contribution is 5.95. The van der Waals surface area contributed by atoms with E-state index in [1.807, 2.05) is 55.8 Å². The second-order valence-corrected chi connectivity index (χ2v) is 7.28. The number of hydrogen-bond donors (Lipinski definition) is 2. The zero-order chi connectivity index (χ0) is 19.0. The molecule has 27 heavy (non-hydrogen) atoms. The average Bonchev–Trinajstić information content (AvgIpc) is 2.94. The number of aryl methyl sites for hydroxylation is 1. The predicted molar refractivity (Wildman–Crippen MR) is 102 cm³/mol. The van der Waals surface area contributed by atoms with Crippen LogP contribution in [0.1, 0.15) is 41.3 Å². The molecule has 0 fully saturated rings. The highest BCUT2D eigenvalue weighted by Crippen LogP contribution is 2.26. The number of pyridine rings is 2. The van der Waals surface area contributed by atoms with E-state index in [-0.39, 0.29) is 5.91 Å². The molecule has 1 aliphatic heterocycles. The molecule has 0 bridgehead atoms. The van der Waals surface area contributed by atoms with Crippen LogP contribution in [-0.2, 0) is 12.1 Å². The number of carbonyl (C=O) groups excluding carboxylic acids is 1. The second kappa shape index (κ2) is 6.66. The summed E-state index contributed by atoms with van der Waals surface area (Å²) in [5, 5.41) is 6.34. The third-order valence-corrected chi connectivity index (χ3v) is 4.81. The summed E-state index contributed by atoms with van der Waals surface area (Å²) in [6, 6.07) is 5.90. The largest absolute Gasteiger partial charge is 0.489 e. The van der Waals surface area contributed by atoms with Gasteiger partial charge in [0, 0.05) is 31.0 Å². The number of fused-ring (bicyclic) bond motifs is 2. The van der Waals surface area contributed by atoms with Gasteiger partial charge in [0.05, 0.1) is 17.3 Å². The van der Waals surface area contributed by atoms with Crippen LogP contribution in [0, 0.1) is 6.92 Å². The highest BCUT2D eigenvalue weighted by Gasteiger charge is 2.30. The average molecular weight is 365 g/mol. The summed E-state index contributed by atoms with van der Waals surface area (Å²) in [6.45, 7) is 7.82. The molecule has 3 aromatic rings. The van der Waals surface area contributed by atoms with Gasteiger partial charge in [0.2, 0.25) is 0 Å². The Labute approximate surface area is 157 Å².